The molecule has 0 saturated carbocycles. The number of aromatic amines is 1. The maximum absolute atomic E-state index is 4.62. The Morgan fingerprint density at radius 1 is 1.14 bits per heavy atom. The number of hydrogen-bond donors (Lipinski definition) is 1. The summed E-state index contributed by atoms with van der Waals surface area (Å²) in [6.45, 7) is 2.13. The summed E-state index contributed by atoms with van der Waals surface area (Å²) < 4.78 is 0. The van der Waals surface area contributed by atoms with Crippen LogP contribution in [0.4, 0.5) is 5.69 Å². The zero-order valence-corrected chi connectivity index (χ0v) is 13.4. The third-order valence-corrected chi connectivity index (χ3v) is 4.37. The van der Waals surface area contributed by atoms with Crippen LogP contribution in [-0.4, -0.2) is 24.1 Å². The van der Waals surface area contributed by atoms with E-state index in [2.05, 4.69) is 60.2 Å². The van der Waals surface area contributed by atoms with Gasteiger partial charge in [0.1, 0.15) is 0 Å². The van der Waals surface area contributed by atoms with Gasteiger partial charge in [-0.3, -0.25) is 0 Å². The Labute approximate surface area is 129 Å². The van der Waals surface area contributed by atoms with Gasteiger partial charge in [-0.25, -0.2) is 4.98 Å². The summed E-state index contributed by atoms with van der Waals surface area (Å²) in [6, 6.07) is 14.7. The van der Waals surface area contributed by atoms with Crippen molar-refractivity contribution in [3.8, 4) is 0 Å². The summed E-state index contributed by atoms with van der Waals surface area (Å²) in [5, 5.41) is 0.974. The lowest BCUT2D eigenvalue weighted by Crippen LogP contribution is -2.11. The smallest absolute Gasteiger partial charge is 0.166 e. The molecule has 0 radical (unpaired) electrons. The van der Waals surface area contributed by atoms with Crippen LogP contribution in [0.1, 0.15) is 11.1 Å². The number of anilines is 1. The van der Waals surface area contributed by atoms with E-state index < -0.39 is 0 Å². The topological polar surface area (TPSA) is 31.9 Å². The molecule has 0 aliphatic rings. The first-order valence-corrected chi connectivity index (χ1v) is 7.96. The van der Waals surface area contributed by atoms with Gasteiger partial charge in [-0.1, -0.05) is 41.6 Å². The minimum atomic E-state index is 0.912. The highest BCUT2D eigenvalue weighted by Crippen LogP contribution is 2.28. The van der Waals surface area contributed by atoms with Crippen LogP contribution in [0.2, 0.25) is 0 Å². The van der Waals surface area contributed by atoms with Crippen molar-refractivity contribution in [2.45, 2.75) is 17.8 Å². The van der Waals surface area contributed by atoms with Gasteiger partial charge in [0.2, 0.25) is 0 Å². The molecule has 0 spiro atoms. The minimum Gasteiger partial charge on any atom is -0.377 e. The fraction of sp³-hybridized carbons (Fsp3) is 0.235. The van der Waals surface area contributed by atoms with Gasteiger partial charge in [-0.15, -0.1) is 0 Å². The van der Waals surface area contributed by atoms with E-state index in [4.69, 9.17) is 0 Å². The number of para-hydroxylation sites is 2. The number of nitrogens with zero attached hydrogens (tertiary/aromatic N) is 2. The first-order chi connectivity index (χ1) is 10.1. The summed E-state index contributed by atoms with van der Waals surface area (Å²) in [6.07, 6.45) is 0. The molecule has 1 heterocycles. The Bertz CT molecular complexity index is 729. The number of rotatable bonds is 4. The number of H-pyrrole nitrogens is 1. The second-order valence-electron chi connectivity index (χ2n) is 5.37. The fourth-order valence-corrected chi connectivity index (χ4v) is 3.28. The van der Waals surface area contributed by atoms with Crippen molar-refractivity contribution in [3.63, 3.8) is 0 Å². The van der Waals surface area contributed by atoms with Crippen molar-refractivity contribution in [1.29, 1.82) is 0 Å². The van der Waals surface area contributed by atoms with Gasteiger partial charge >= 0.3 is 0 Å². The molecule has 0 aliphatic heterocycles. The maximum Gasteiger partial charge on any atom is 0.166 e. The molecule has 0 amide bonds. The van der Waals surface area contributed by atoms with Crippen LogP contribution in [0.3, 0.4) is 0 Å². The van der Waals surface area contributed by atoms with Crippen LogP contribution < -0.4 is 4.90 Å². The molecule has 3 aromatic rings. The third kappa shape index (κ3) is 3.05. The highest BCUT2D eigenvalue weighted by molar-refractivity contribution is 7.98. The van der Waals surface area contributed by atoms with Crippen LogP contribution in [-0.2, 0) is 5.75 Å². The lowest BCUT2D eigenvalue weighted by atomic mass is 10.1. The number of aryl methyl sites for hydroxylation is 1. The molecule has 2 aromatic carbocycles. The first-order valence-electron chi connectivity index (χ1n) is 6.98. The standard InChI is InChI=1S/C17H19N3S/c1-12-8-9-16(20(2)3)13(10-12)11-21-17-18-14-6-4-5-7-15(14)19-17/h4-10H,11H2,1-3H3,(H,18,19). The maximum atomic E-state index is 4.62. The summed E-state index contributed by atoms with van der Waals surface area (Å²) in [4.78, 5) is 10.1. The Morgan fingerprint density at radius 2 is 1.95 bits per heavy atom. The van der Waals surface area contributed by atoms with Gasteiger partial charge in [-0.05, 0) is 30.7 Å². The molecule has 0 bridgehead atoms. The number of nitrogens with one attached hydrogen (secondary N) is 1. The summed E-state index contributed by atoms with van der Waals surface area (Å²) in [7, 11) is 4.17. The monoisotopic (exact) mass is 297 g/mol. The average Bonchev–Trinajstić information content (AvgIpc) is 2.87. The van der Waals surface area contributed by atoms with Crippen molar-refractivity contribution < 1.29 is 0 Å². The summed E-state index contributed by atoms with van der Waals surface area (Å²) in [5.74, 6) is 0.912. The van der Waals surface area contributed by atoms with Gasteiger partial charge in [-0.2, -0.15) is 0 Å². The molecular weight excluding hydrogens is 278 g/mol. The Kier molecular flexibility index (Phi) is 3.88. The van der Waals surface area contributed by atoms with Crippen LogP contribution >= 0.6 is 11.8 Å². The number of imidazole rings is 1. The van der Waals surface area contributed by atoms with E-state index in [1.165, 1.54) is 16.8 Å². The molecule has 0 unspecified atom stereocenters. The van der Waals surface area contributed by atoms with Crippen LogP contribution in [0, 0.1) is 6.92 Å². The molecule has 108 valence electrons. The molecule has 3 rings (SSSR count). The largest absolute Gasteiger partial charge is 0.377 e. The lowest BCUT2D eigenvalue weighted by Gasteiger charge is -2.17. The van der Waals surface area contributed by atoms with Gasteiger partial charge in [0.25, 0.3) is 0 Å². The molecule has 21 heavy (non-hydrogen) atoms. The predicted molar refractivity (Wildman–Crippen MR) is 91.2 cm³/mol. The van der Waals surface area contributed by atoms with Crippen molar-refractivity contribution in [3.05, 3.63) is 53.6 Å². The molecule has 0 atom stereocenters. The number of fused-ring (bicyclic) bond motifs is 1. The average molecular weight is 297 g/mol. The van der Waals surface area contributed by atoms with Gasteiger partial charge < -0.3 is 9.88 Å². The minimum absolute atomic E-state index is 0.912. The highest BCUT2D eigenvalue weighted by atomic mass is 32.2. The molecule has 4 heteroatoms. The molecule has 1 N–H and O–H groups in total. The van der Waals surface area contributed by atoms with Crippen molar-refractivity contribution in [1.82, 2.24) is 9.97 Å². The number of thioether (sulfide) groups is 1. The molecule has 3 nitrogen and oxygen atoms in total. The van der Waals surface area contributed by atoms with E-state index in [0.717, 1.165) is 21.9 Å². The second-order valence-corrected chi connectivity index (χ2v) is 6.34. The molecule has 0 saturated heterocycles. The Hall–Kier alpha value is -1.94. The molecule has 0 fully saturated rings. The fourth-order valence-electron chi connectivity index (χ4n) is 2.41. The van der Waals surface area contributed by atoms with Crippen molar-refractivity contribution in [2.75, 3.05) is 19.0 Å². The SMILES string of the molecule is Cc1ccc(N(C)C)c(CSc2nc3ccccc3[nH]2)c1. The van der Waals surface area contributed by atoms with Gasteiger partial charge in [0.15, 0.2) is 5.16 Å². The summed E-state index contributed by atoms with van der Waals surface area (Å²) in [5.41, 5.74) is 6.02. The molecule has 1 aromatic heterocycles. The van der Waals surface area contributed by atoms with Crippen LogP contribution in [0.25, 0.3) is 11.0 Å². The third-order valence-electron chi connectivity index (χ3n) is 3.45. The summed E-state index contributed by atoms with van der Waals surface area (Å²) >= 11 is 1.75. The first kappa shape index (κ1) is 14.0. The zero-order chi connectivity index (χ0) is 14.8. The van der Waals surface area contributed by atoms with Crippen LogP contribution in [0.15, 0.2) is 47.6 Å². The van der Waals surface area contributed by atoms with E-state index in [9.17, 15) is 0 Å². The van der Waals surface area contributed by atoms with E-state index in [1.807, 2.05) is 18.2 Å². The predicted octanol–water partition coefficient (Wildman–Crippen LogP) is 4.23. The Balaban J connectivity index is 1.82. The lowest BCUT2D eigenvalue weighted by molar-refractivity contribution is 1.07. The number of aromatic nitrogens is 2. The van der Waals surface area contributed by atoms with Crippen molar-refractivity contribution >= 4 is 28.5 Å². The van der Waals surface area contributed by atoms with E-state index >= 15 is 0 Å². The number of hydrogen-bond acceptors (Lipinski definition) is 3. The highest BCUT2D eigenvalue weighted by Gasteiger charge is 2.08. The molecular formula is C17H19N3S. The van der Waals surface area contributed by atoms with E-state index in [1.54, 1.807) is 11.8 Å². The zero-order valence-electron chi connectivity index (χ0n) is 12.6. The van der Waals surface area contributed by atoms with Gasteiger partial charge in [0, 0.05) is 25.5 Å². The van der Waals surface area contributed by atoms with E-state index in [0.29, 0.717) is 0 Å². The quantitative estimate of drug-likeness (QED) is 0.731. The normalized spacial score (nSPS) is 11.0. The Morgan fingerprint density at radius 3 is 2.71 bits per heavy atom. The van der Waals surface area contributed by atoms with Crippen LogP contribution in [0.5, 0.6) is 0 Å². The molecule has 0 aliphatic carbocycles. The van der Waals surface area contributed by atoms with E-state index in [-0.39, 0.29) is 0 Å². The number of benzene rings is 2. The van der Waals surface area contributed by atoms with Crippen molar-refractivity contribution in [2.24, 2.45) is 0 Å². The second kappa shape index (κ2) is 5.82. The van der Waals surface area contributed by atoms with Gasteiger partial charge in [0.05, 0.1) is 11.0 Å².